The first-order chi connectivity index (χ1) is 16.6. The molecule has 0 radical (unpaired) electrons. The number of aromatic nitrogens is 2. The molecule has 0 bridgehead atoms. The summed E-state index contributed by atoms with van der Waals surface area (Å²) >= 11 is 0.824. The molecule has 35 heavy (non-hydrogen) atoms. The number of amides is 2. The van der Waals surface area contributed by atoms with E-state index in [-0.39, 0.29) is 27.5 Å². The standard InChI is InChI=1S/C24H17F3N4O3S/c25-24(26,27)17-6-2-4-8-19(17)31-22(34)16-5-1-3-7-18(16)30-23(31)35-13-20(32)29-15-11-9-14(10-12-15)21(28)33/h1-12H,13H2,(H2,28,33)(H,29,32). The number of alkyl halides is 3. The van der Waals surface area contributed by atoms with Gasteiger partial charge in [-0.1, -0.05) is 36.0 Å². The van der Waals surface area contributed by atoms with Crippen molar-refractivity contribution in [3.63, 3.8) is 0 Å². The molecule has 0 saturated carbocycles. The third-order valence-corrected chi connectivity index (χ3v) is 5.92. The second kappa shape index (κ2) is 9.63. The highest BCUT2D eigenvalue weighted by atomic mass is 32.2. The number of para-hydroxylation sites is 2. The van der Waals surface area contributed by atoms with E-state index in [9.17, 15) is 27.6 Å². The Kier molecular flexibility index (Phi) is 6.61. The van der Waals surface area contributed by atoms with Crippen molar-refractivity contribution >= 4 is 40.2 Å². The molecule has 0 aliphatic rings. The predicted molar refractivity (Wildman–Crippen MR) is 127 cm³/mol. The number of primary amides is 1. The first-order valence-corrected chi connectivity index (χ1v) is 11.1. The van der Waals surface area contributed by atoms with E-state index in [1.807, 2.05) is 0 Å². The zero-order valence-corrected chi connectivity index (χ0v) is 18.7. The molecule has 1 aromatic heterocycles. The number of hydrogen-bond donors (Lipinski definition) is 2. The van der Waals surface area contributed by atoms with Crippen LogP contribution in [0.3, 0.4) is 0 Å². The average molecular weight is 498 g/mol. The maximum absolute atomic E-state index is 13.7. The number of nitrogens with zero attached hydrogens (tertiary/aromatic N) is 2. The number of hydrogen-bond acceptors (Lipinski definition) is 5. The molecule has 3 N–H and O–H groups in total. The fourth-order valence-electron chi connectivity index (χ4n) is 3.37. The highest BCUT2D eigenvalue weighted by Crippen LogP contribution is 2.34. The number of nitrogens with one attached hydrogen (secondary N) is 1. The topological polar surface area (TPSA) is 107 Å². The minimum absolute atomic E-state index is 0.0652. The minimum atomic E-state index is -4.71. The van der Waals surface area contributed by atoms with Crippen molar-refractivity contribution in [2.75, 3.05) is 11.1 Å². The van der Waals surface area contributed by atoms with E-state index in [0.29, 0.717) is 11.2 Å². The second-order valence-corrected chi connectivity index (χ2v) is 8.29. The summed E-state index contributed by atoms with van der Waals surface area (Å²) in [4.78, 5) is 41.3. The SMILES string of the molecule is NC(=O)c1ccc(NC(=O)CSc2nc3ccccc3c(=O)n2-c2ccccc2C(F)(F)F)cc1. The van der Waals surface area contributed by atoms with Crippen molar-refractivity contribution in [1.82, 2.24) is 9.55 Å². The number of carbonyl (C=O) groups excluding carboxylic acids is 2. The number of halogens is 3. The molecule has 0 saturated heterocycles. The Morgan fingerprint density at radius 1 is 0.971 bits per heavy atom. The van der Waals surface area contributed by atoms with Gasteiger partial charge in [0, 0.05) is 11.3 Å². The Balaban J connectivity index is 1.69. The third-order valence-electron chi connectivity index (χ3n) is 4.98. The lowest BCUT2D eigenvalue weighted by molar-refractivity contribution is -0.137. The molecule has 3 aromatic carbocycles. The van der Waals surface area contributed by atoms with Gasteiger partial charge in [-0.25, -0.2) is 4.98 Å². The lowest BCUT2D eigenvalue weighted by Gasteiger charge is -2.17. The van der Waals surface area contributed by atoms with Gasteiger partial charge in [0.15, 0.2) is 5.16 Å². The van der Waals surface area contributed by atoms with E-state index >= 15 is 0 Å². The highest BCUT2D eigenvalue weighted by molar-refractivity contribution is 7.99. The third kappa shape index (κ3) is 5.19. The van der Waals surface area contributed by atoms with Crippen LogP contribution in [0.4, 0.5) is 18.9 Å². The van der Waals surface area contributed by atoms with Crippen molar-refractivity contribution in [3.05, 3.63) is 94.3 Å². The summed E-state index contributed by atoms with van der Waals surface area (Å²) in [6.07, 6.45) is -4.71. The molecule has 178 valence electrons. The Morgan fingerprint density at radius 3 is 2.31 bits per heavy atom. The van der Waals surface area contributed by atoms with Gasteiger partial charge in [0.25, 0.3) is 5.56 Å². The van der Waals surface area contributed by atoms with E-state index in [2.05, 4.69) is 10.3 Å². The quantitative estimate of drug-likeness (QED) is 0.306. The van der Waals surface area contributed by atoms with Gasteiger partial charge >= 0.3 is 6.18 Å². The first-order valence-electron chi connectivity index (χ1n) is 10.2. The molecule has 11 heteroatoms. The van der Waals surface area contributed by atoms with Crippen LogP contribution in [0.1, 0.15) is 15.9 Å². The Labute approximate surface area is 200 Å². The Hall–Kier alpha value is -4.12. The first kappa shape index (κ1) is 24.0. The zero-order chi connectivity index (χ0) is 25.2. The zero-order valence-electron chi connectivity index (χ0n) is 17.9. The van der Waals surface area contributed by atoms with Crippen molar-refractivity contribution in [1.29, 1.82) is 0 Å². The Morgan fingerprint density at radius 2 is 1.63 bits per heavy atom. The summed E-state index contributed by atoms with van der Waals surface area (Å²) in [5.74, 6) is -1.34. The molecule has 0 unspecified atom stereocenters. The Bertz CT molecular complexity index is 1480. The van der Waals surface area contributed by atoms with Crippen LogP contribution < -0.4 is 16.6 Å². The number of nitrogens with two attached hydrogens (primary N) is 1. The van der Waals surface area contributed by atoms with Gasteiger partial charge in [0.1, 0.15) is 0 Å². The summed E-state index contributed by atoms with van der Waals surface area (Å²) in [6.45, 7) is 0. The summed E-state index contributed by atoms with van der Waals surface area (Å²) in [7, 11) is 0. The van der Waals surface area contributed by atoms with E-state index in [4.69, 9.17) is 5.73 Å². The molecule has 4 rings (SSSR count). The molecule has 0 atom stereocenters. The van der Waals surface area contributed by atoms with Crippen LogP contribution in [0.5, 0.6) is 0 Å². The van der Waals surface area contributed by atoms with Crippen molar-refractivity contribution < 1.29 is 22.8 Å². The maximum atomic E-state index is 13.7. The lowest BCUT2D eigenvalue weighted by Crippen LogP contribution is -2.25. The molecule has 7 nitrogen and oxygen atoms in total. The summed E-state index contributed by atoms with van der Waals surface area (Å²) < 4.78 is 42.0. The number of carbonyl (C=O) groups is 2. The fraction of sp³-hybridized carbons (Fsp3) is 0.0833. The van der Waals surface area contributed by atoms with Gasteiger partial charge in [-0.2, -0.15) is 13.2 Å². The fourth-order valence-corrected chi connectivity index (χ4v) is 4.18. The molecular weight excluding hydrogens is 481 g/mol. The van der Waals surface area contributed by atoms with Crippen molar-refractivity contribution in [2.24, 2.45) is 5.73 Å². The molecule has 1 heterocycles. The van der Waals surface area contributed by atoms with Crippen molar-refractivity contribution in [2.45, 2.75) is 11.3 Å². The summed E-state index contributed by atoms with van der Waals surface area (Å²) in [5.41, 5.74) is 4.09. The van der Waals surface area contributed by atoms with Crippen LogP contribution in [0, 0.1) is 0 Å². The van der Waals surface area contributed by atoms with E-state index in [1.54, 1.807) is 18.2 Å². The van der Waals surface area contributed by atoms with E-state index < -0.39 is 29.1 Å². The molecule has 2 amide bonds. The largest absolute Gasteiger partial charge is 0.418 e. The van der Waals surface area contributed by atoms with E-state index in [1.165, 1.54) is 48.5 Å². The number of fused-ring (bicyclic) bond motifs is 1. The predicted octanol–water partition coefficient (Wildman–Crippen LogP) is 4.23. The van der Waals surface area contributed by atoms with Gasteiger partial charge in [-0.3, -0.25) is 19.0 Å². The molecule has 0 aliphatic carbocycles. The summed E-state index contributed by atoms with van der Waals surface area (Å²) in [6, 6.07) is 16.9. The molecule has 0 spiro atoms. The van der Waals surface area contributed by atoms with Crippen LogP contribution in [0.15, 0.2) is 82.7 Å². The maximum Gasteiger partial charge on any atom is 0.418 e. The number of thioether (sulfide) groups is 1. The lowest BCUT2D eigenvalue weighted by atomic mass is 10.1. The van der Waals surface area contributed by atoms with Gasteiger partial charge in [0.05, 0.1) is 27.9 Å². The average Bonchev–Trinajstić information content (AvgIpc) is 2.83. The molecular formula is C24H17F3N4O3S. The van der Waals surface area contributed by atoms with Crippen LogP contribution >= 0.6 is 11.8 Å². The van der Waals surface area contributed by atoms with Crippen LogP contribution in [-0.2, 0) is 11.0 Å². The van der Waals surface area contributed by atoms with Crippen LogP contribution in [0.2, 0.25) is 0 Å². The van der Waals surface area contributed by atoms with E-state index in [0.717, 1.165) is 22.4 Å². The van der Waals surface area contributed by atoms with Gasteiger partial charge < -0.3 is 11.1 Å². The second-order valence-electron chi connectivity index (χ2n) is 7.35. The normalized spacial score (nSPS) is 11.4. The number of rotatable bonds is 6. The summed E-state index contributed by atoms with van der Waals surface area (Å²) in [5, 5.41) is 2.70. The van der Waals surface area contributed by atoms with Crippen molar-refractivity contribution in [3.8, 4) is 5.69 Å². The molecule has 4 aromatic rings. The highest BCUT2D eigenvalue weighted by Gasteiger charge is 2.34. The van der Waals surface area contributed by atoms with Gasteiger partial charge in [-0.15, -0.1) is 0 Å². The molecule has 0 fully saturated rings. The monoisotopic (exact) mass is 498 g/mol. The van der Waals surface area contributed by atoms with Crippen LogP contribution in [-0.4, -0.2) is 27.1 Å². The van der Waals surface area contributed by atoms with Crippen LogP contribution in [0.25, 0.3) is 16.6 Å². The smallest absolute Gasteiger partial charge is 0.366 e. The molecule has 0 aliphatic heterocycles. The minimum Gasteiger partial charge on any atom is -0.366 e. The number of benzene rings is 3. The van der Waals surface area contributed by atoms with Gasteiger partial charge in [0.2, 0.25) is 11.8 Å². The number of anilines is 1. The van der Waals surface area contributed by atoms with Gasteiger partial charge in [-0.05, 0) is 48.5 Å².